The van der Waals surface area contributed by atoms with Crippen LogP contribution >= 0.6 is 0 Å². The van der Waals surface area contributed by atoms with Gasteiger partial charge in [-0.15, -0.1) is 0 Å². The van der Waals surface area contributed by atoms with E-state index in [1.807, 2.05) is 0 Å². The predicted octanol–water partition coefficient (Wildman–Crippen LogP) is 2.05. The van der Waals surface area contributed by atoms with E-state index in [1.54, 1.807) is 6.92 Å². The summed E-state index contributed by atoms with van der Waals surface area (Å²) in [6, 6.07) is 3.00. The third-order valence-corrected chi connectivity index (χ3v) is 2.31. The number of hydrogen-bond acceptors (Lipinski definition) is 3. The summed E-state index contributed by atoms with van der Waals surface area (Å²) in [5.74, 6) is -0.491. The number of nitrogens with two attached hydrogens (primary N) is 1. The first kappa shape index (κ1) is 12.6. The van der Waals surface area contributed by atoms with E-state index < -0.39 is 18.4 Å². The highest BCUT2D eigenvalue weighted by molar-refractivity contribution is 5.90. The zero-order chi connectivity index (χ0) is 12.3. The van der Waals surface area contributed by atoms with E-state index in [9.17, 15) is 13.6 Å². The fraction of sp³-hybridized carbons (Fsp3) is 0.364. The summed E-state index contributed by atoms with van der Waals surface area (Å²) in [6.07, 6.45) is -2.62. The number of benzene rings is 1. The van der Waals surface area contributed by atoms with Gasteiger partial charge in [0.15, 0.2) is 0 Å². The number of carbonyl (C=O) groups excluding carboxylic acids is 1. The average Bonchev–Trinajstić information content (AvgIpc) is 2.26. The molecule has 3 nitrogen and oxygen atoms in total. The van der Waals surface area contributed by atoms with Crippen LogP contribution in [0.2, 0.25) is 0 Å². The Morgan fingerprint density at radius 1 is 1.44 bits per heavy atom. The molecule has 0 amide bonds. The van der Waals surface area contributed by atoms with Crippen LogP contribution in [0, 0.1) is 6.92 Å². The number of ether oxygens (including phenoxy) is 1. The molecule has 0 saturated heterocycles. The summed E-state index contributed by atoms with van der Waals surface area (Å²) in [5.41, 5.74) is 6.53. The first-order valence-corrected chi connectivity index (χ1v) is 4.70. The van der Waals surface area contributed by atoms with Crippen molar-refractivity contribution >= 4 is 5.97 Å². The molecule has 5 heteroatoms. The Hall–Kier alpha value is -1.49. The van der Waals surface area contributed by atoms with Crippen molar-refractivity contribution in [3.05, 3.63) is 34.9 Å². The number of rotatable bonds is 3. The van der Waals surface area contributed by atoms with Gasteiger partial charge in [-0.1, -0.05) is 12.1 Å². The molecule has 0 bridgehead atoms. The summed E-state index contributed by atoms with van der Waals surface area (Å²) in [4.78, 5) is 11.2. The van der Waals surface area contributed by atoms with Crippen LogP contribution in [-0.2, 0) is 4.74 Å². The summed E-state index contributed by atoms with van der Waals surface area (Å²) in [5, 5.41) is 0. The van der Waals surface area contributed by atoms with Crippen LogP contribution in [0.1, 0.15) is 27.5 Å². The van der Waals surface area contributed by atoms with E-state index in [0.29, 0.717) is 16.7 Å². The summed E-state index contributed by atoms with van der Waals surface area (Å²) in [7, 11) is 1.26. The smallest absolute Gasteiger partial charge is 0.338 e. The van der Waals surface area contributed by atoms with Crippen LogP contribution in [-0.4, -0.2) is 19.5 Å². The second kappa shape index (κ2) is 5.03. The first-order valence-electron chi connectivity index (χ1n) is 4.70. The third-order valence-electron chi connectivity index (χ3n) is 2.31. The van der Waals surface area contributed by atoms with Crippen LogP contribution in [0.4, 0.5) is 8.78 Å². The molecule has 0 aliphatic heterocycles. The Morgan fingerprint density at radius 2 is 2.06 bits per heavy atom. The Bertz CT molecular complexity index is 394. The number of esters is 1. The molecule has 0 spiro atoms. The molecule has 0 aromatic heterocycles. The van der Waals surface area contributed by atoms with Gasteiger partial charge in [0.1, 0.15) is 0 Å². The van der Waals surface area contributed by atoms with Crippen LogP contribution in [0.25, 0.3) is 0 Å². The molecule has 1 aromatic rings. The highest BCUT2D eigenvalue weighted by Gasteiger charge is 2.19. The number of hydrogen-bond donors (Lipinski definition) is 1. The van der Waals surface area contributed by atoms with Gasteiger partial charge in [-0.05, 0) is 24.1 Å². The van der Waals surface area contributed by atoms with Crippen LogP contribution in [0.5, 0.6) is 0 Å². The molecule has 0 aliphatic rings. The monoisotopic (exact) mass is 229 g/mol. The Labute approximate surface area is 92.2 Å². The molecular weight excluding hydrogens is 216 g/mol. The minimum atomic E-state index is -2.62. The van der Waals surface area contributed by atoms with E-state index in [2.05, 4.69) is 4.74 Å². The topological polar surface area (TPSA) is 52.3 Å². The number of halogens is 2. The molecule has 88 valence electrons. The lowest BCUT2D eigenvalue weighted by Crippen LogP contribution is -2.19. The van der Waals surface area contributed by atoms with E-state index in [1.165, 1.54) is 25.3 Å². The minimum absolute atomic E-state index is 0.306. The number of methoxy groups -OCH3 is 1. The van der Waals surface area contributed by atoms with Crippen molar-refractivity contribution in [3.63, 3.8) is 0 Å². The molecule has 0 aliphatic carbocycles. The third kappa shape index (κ3) is 2.55. The summed E-state index contributed by atoms with van der Waals surface area (Å²) >= 11 is 0. The standard InChI is InChI=1S/C11H13F2NO2/c1-6-5-7(9(14)10(12)13)3-4-8(6)11(15)16-2/h3-5,9-10H,14H2,1-2H3. The molecule has 0 saturated carbocycles. The van der Waals surface area contributed by atoms with Crippen LogP contribution < -0.4 is 5.73 Å². The lowest BCUT2D eigenvalue weighted by Gasteiger charge is -2.12. The SMILES string of the molecule is COC(=O)c1ccc(C(N)C(F)F)cc1C. The Kier molecular flexibility index (Phi) is 3.95. The van der Waals surface area contributed by atoms with E-state index in [0.717, 1.165) is 0 Å². The zero-order valence-electron chi connectivity index (χ0n) is 9.04. The largest absolute Gasteiger partial charge is 0.465 e. The second-order valence-electron chi connectivity index (χ2n) is 3.43. The van der Waals surface area contributed by atoms with Crippen molar-refractivity contribution in [1.29, 1.82) is 0 Å². The van der Waals surface area contributed by atoms with Gasteiger partial charge < -0.3 is 10.5 Å². The maximum atomic E-state index is 12.4. The van der Waals surface area contributed by atoms with E-state index >= 15 is 0 Å². The number of aryl methyl sites for hydroxylation is 1. The van der Waals surface area contributed by atoms with Crippen molar-refractivity contribution in [2.45, 2.75) is 19.4 Å². The normalized spacial score (nSPS) is 12.6. The molecule has 0 heterocycles. The van der Waals surface area contributed by atoms with Gasteiger partial charge in [0.2, 0.25) is 0 Å². The highest BCUT2D eigenvalue weighted by Crippen LogP contribution is 2.21. The molecule has 1 atom stereocenters. The van der Waals surface area contributed by atoms with Gasteiger partial charge in [-0.25, -0.2) is 13.6 Å². The minimum Gasteiger partial charge on any atom is -0.465 e. The van der Waals surface area contributed by atoms with Gasteiger partial charge >= 0.3 is 5.97 Å². The van der Waals surface area contributed by atoms with Crippen molar-refractivity contribution in [1.82, 2.24) is 0 Å². The lowest BCUT2D eigenvalue weighted by atomic mass is 10.0. The Morgan fingerprint density at radius 3 is 2.50 bits per heavy atom. The van der Waals surface area contributed by atoms with Crippen molar-refractivity contribution < 1.29 is 18.3 Å². The predicted molar refractivity (Wildman–Crippen MR) is 55.5 cm³/mol. The van der Waals surface area contributed by atoms with Gasteiger partial charge in [-0.3, -0.25) is 0 Å². The van der Waals surface area contributed by atoms with Crippen LogP contribution in [0.15, 0.2) is 18.2 Å². The van der Waals surface area contributed by atoms with Crippen LogP contribution in [0.3, 0.4) is 0 Å². The molecular formula is C11H13F2NO2. The van der Waals surface area contributed by atoms with Gasteiger partial charge in [0.25, 0.3) is 6.43 Å². The van der Waals surface area contributed by atoms with Gasteiger partial charge in [-0.2, -0.15) is 0 Å². The fourth-order valence-electron chi connectivity index (χ4n) is 1.38. The van der Waals surface area contributed by atoms with Crippen molar-refractivity contribution in [3.8, 4) is 0 Å². The zero-order valence-corrected chi connectivity index (χ0v) is 9.04. The molecule has 2 N–H and O–H groups in total. The first-order chi connectivity index (χ1) is 7.47. The highest BCUT2D eigenvalue weighted by atomic mass is 19.3. The Balaban J connectivity index is 3.04. The second-order valence-corrected chi connectivity index (χ2v) is 3.43. The summed E-state index contributed by atoms with van der Waals surface area (Å²) in [6.45, 7) is 1.65. The molecule has 1 aromatic carbocycles. The average molecular weight is 229 g/mol. The van der Waals surface area contributed by atoms with Gasteiger partial charge in [0, 0.05) is 0 Å². The quantitative estimate of drug-likeness (QED) is 0.807. The summed E-state index contributed by atoms with van der Waals surface area (Å²) < 4.78 is 29.3. The molecule has 1 rings (SSSR count). The van der Waals surface area contributed by atoms with Crippen molar-refractivity contribution in [2.75, 3.05) is 7.11 Å². The molecule has 0 fully saturated rings. The van der Waals surface area contributed by atoms with E-state index in [4.69, 9.17) is 5.73 Å². The van der Waals surface area contributed by atoms with Gasteiger partial charge in [0.05, 0.1) is 18.7 Å². The maximum Gasteiger partial charge on any atom is 0.338 e. The van der Waals surface area contributed by atoms with E-state index in [-0.39, 0.29) is 0 Å². The molecule has 16 heavy (non-hydrogen) atoms. The maximum absolute atomic E-state index is 12.4. The fourth-order valence-corrected chi connectivity index (χ4v) is 1.38. The molecule has 0 radical (unpaired) electrons. The van der Waals surface area contributed by atoms with Crippen molar-refractivity contribution in [2.24, 2.45) is 5.73 Å². The number of carbonyl (C=O) groups is 1. The number of alkyl halides is 2. The molecule has 1 unspecified atom stereocenters. The lowest BCUT2D eigenvalue weighted by molar-refractivity contribution is 0.0600.